The number of pyridine rings is 1. The minimum absolute atomic E-state index is 0.0805. The Labute approximate surface area is 114 Å². The van der Waals surface area contributed by atoms with E-state index in [-0.39, 0.29) is 11.9 Å². The lowest BCUT2D eigenvalue weighted by Gasteiger charge is -2.26. The van der Waals surface area contributed by atoms with Gasteiger partial charge in [-0.15, -0.1) is 0 Å². The first-order chi connectivity index (χ1) is 9.07. The number of hydrogen-bond acceptors (Lipinski definition) is 4. The number of hydrogen-bond donors (Lipinski definition) is 1. The summed E-state index contributed by atoms with van der Waals surface area (Å²) in [4.78, 5) is 16.8. The van der Waals surface area contributed by atoms with Crippen LogP contribution in [-0.2, 0) is 0 Å². The maximum atomic E-state index is 12.7. The van der Waals surface area contributed by atoms with E-state index in [1.54, 1.807) is 18.5 Å². The summed E-state index contributed by atoms with van der Waals surface area (Å²) in [7, 11) is 0. The fourth-order valence-electron chi connectivity index (χ4n) is 2.62. The summed E-state index contributed by atoms with van der Waals surface area (Å²) in [6, 6.07) is 1.80. The molecule has 0 spiro atoms. The summed E-state index contributed by atoms with van der Waals surface area (Å²) in [5, 5.41) is 3.36. The Morgan fingerprint density at radius 2 is 2.32 bits per heavy atom. The molecule has 1 unspecified atom stereocenters. The Morgan fingerprint density at radius 3 is 2.89 bits per heavy atom. The van der Waals surface area contributed by atoms with Crippen molar-refractivity contribution in [2.75, 3.05) is 6.54 Å². The van der Waals surface area contributed by atoms with Crippen LogP contribution in [0.4, 0.5) is 0 Å². The molecular weight excluding hydrogens is 240 g/mol. The number of aromatic nitrogens is 1. The molecule has 19 heavy (non-hydrogen) atoms. The summed E-state index contributed by atoms with van der Waals surface area (Å²) in [6.45, 7) is 6.88. The van der Waals surface area contributed by atoms with Crippen LogP contribution in [0.5, 0.6) is 5.75 Å². The number of Topliss-reactive ketones (excluding diaryl/α,β-unsaturated/α-hetero) is 1. The highest BCUT2D eigenvalue weighted by Crippen LogP contribution is 2.28. The normalized spacial score (nSPS) is 22.7. The smallest absolute Gasteiger partial charge is 0.184 e. The summed E-state index contributed by atoms with van der Waals surface area (Å²) in [5.41, 5.74) is 0.229. The number of ketones is 1. The molecule has 0 amide bonds. The Bertz CT molecular complexity index is 451. The molecule has 1 aromatic heterocycles. The Balaban J connectivity index is 2.23. The molecule has 1 aromatic rings. The number of nitrogens with one attached hydrogen (secondary N) is 1. The van der Waals surface area contributed by atoms with Gasteiger partial charge in [-0.05, 0) is 45.7 Å². The second-order valence-corrected chi connectivity index (χ2v) is 5.37. The third-order valence-corrected chi connectivity index (χ3v) is 3.63. The van der Waals surface area contributed by atoms with Crippen molar-refractivity contribution in [1.29, 1.82) is 0 Å². The average molecular weight is 262 g/mol. The Kier molecular flexibility index (Phi) is 4.20. The highest BCUT2D eigenvalue weighted by molar-refractivity contribution is 6.03. The van der Waals surface area contributed by atoms with Crippen molar-refractivity contribution in [3.05, 3.63) is 24.0 Å². The summed E-state index contributed by atoms with van der Waals surface area (Å²) >= 11 is 0. The average Bonchev–Trinajstić information content (AvgIpc) is 2.87. The Morgan fingerprint density at radius 1 is 1.53 bits per heavy atom. The van der Waals surface area contributed by atoms with Crippen LogP contribution in [0.15, 0.2) is 18.5 Å². The van der Waals surface area contributed by atoms with Gasteiger partial charge in [0.05, 0.1) is 17.8 Å². The molecule has 0 bridgehead atoms. The monoisotopic (exact) mass is 262 g/mol. The molecule has 1 fully saturated rings. The van der Waals surface area contributed by atoms with Crippen molar-refractivity contribution in [1.82, 2.24) is 10.3 Å². The molecule has 4 nitrogen and oxygen atoms in total. The van der Waals surface area contributed by atoms with E-state index in [9.17, 15) is 4.79 Å². The predicted octanol–water partition coefficient (Wildman–Crippen LogP) is 2.58. The largest absolute Gasteiger partial charge is 0.489 e. The molecule has 1 atom stereocenters. The number of carbonyl (C=O) groups is 1. The summed E-state index contributed by atoms with van der Waals surface area (Å²) in [5.74, 6) is 0.791. The van der Waals surface area contributed by atoms with Gasteiger partial charge in [0.1, 0.15) is 5.75 Å². The van der Waals surface area contributed by atoms with Crippen LogP contribution in [-0.4, -0.2) is 29.0 Å². The van der Waals surface area contributed by atoms with E-state index >= 15 is 0 Å². The zero-order valence-corrected chi connectivity index (χ0v) is 11.9. The topological polar surface area (TPSA) is 51.2 Å². The van der Waals surface area contributed by atoms with E-state index < -0.39 is 5.54 Å². The van der Waals surface area contributed by atoms with E-state index in [1.165, 1.54) is 0 Å². The fourth-order valence-corrected chi connectivity index (χ4v) is 2.62. The van der Waals surface area contributed by atoms with Crippen LogP contribution in [0, 0.1) is 0 Å². The minimum atomic E-state index is -0.405. The molecule has 1 aliphatic heterocycles. The molecule has 2 rings (SSSR count). The lowest BCUT2D eigenvalue weighted by molar-refractivity contribution is 0.0862. The quantitative estimate of drug-likeness (QED) is 0.829. The molecule has 1 N–H and O–H groups in total. The van der Waals surface area contributed by atoms with Gasteiger partial charge in [0.2, 0.25) is 0 Å². The molecule has 4 heteroatoms. The molecule has 0 saturated carbocycles. The van der Waals surface area contributed by atoms with E-state index in [4.69, 9.17) is 4.74 Å². The first-order valence-corrected chi connectivity index (χ1v) is 6.99. The third-order valence-electron chi connectivity index (χ3n) is 3.63. The van der Waals surface area contributed by atoms with Gasteiger partial charge in [-0.25, -0.2) is 0 Å². The van der Waals surface area contributed by atoms with Crippen molar-refractivity contribution in [2.24, 2.45) is 0 Å². The van der Waals surface area contributed by atoms with Gasteiger partial charge < -0.3 is 10.1 Å². The van der Waals surface area contributed by atoms with E-state index in [0.717, 1.165) is 25.8 Å². The highest BCUT2D eigenvalue weighted by atomic mass is 16.5. The number of ether oxygens (including phenoxy) is 1. The van der Waals surface area contributed by atoms with Crippen molar-refractivity contribution in [2.45, 2.75) is 51.7 Å². The minimum Gasteiger partial charge on any atom is -0.489 e. The van der Waals surface area contributed by atoms with Crippen LogP contribution >= 0.6 is 0 Å². The maximum absolute atomic E-state index is 12.7. The van der Waals surface area contributed by atoms with Gasteiger partial charge in [0.15, 0.2) is 5.78 Å². The van der Waals surface area contributed by atoms with Crippen LogP contribution in [0.2, 0.25) is 0 Å². The van der Waals surface area contributed by atoms with Gasteiger partial charge in [-0.3, -0.25) is 9.78 Å². The van der Waals surface area contributed by atoms with Gasteiger partial charge in [-0.2, -0.15) is 0 Å². The molecule has 0 aromatic carbocycles. The third kappa shape index (κ3) is 2.95. The van der Waals surface area contributed by atoms with Crippen molar-refractivity contribution in [3.8, 4) is 5.75 Å². The van der Waals surface area contributed by atoms with E-state index in [2.05, 4.69) is 17.2 Å². The van der Waals surface area contributed by atoms with Gasteiger partial charge in [-0.1, -0.05) is 6.92 Å². The van der Waals surface area contributed by atoms with Crippen molar-refractivity contribution >= 4 is 5.78 Å². The SMILES string of the molecule is CCC1(C(=O)c2cncc(OC(C)C)c2)CCCN1. The van der Waals surface area contributed by atoms with Crippen molar-refractivity contribution in [3.63, 3.8) is 0 Å². The first-order valence-electron chi connectivity index (χ1n) is 6.99. The molecule has 1 saturated heterocycles. The van der Waals surface area contributed by atoms with Crippen molar-refractivity contribution < 1.29 is 9.53 Å². The van der Waals surface area contributed by atoms with Crippen LogP contribution < -0.4 is 10.1 Å². The van der Waals surface area contributed by atoms with Gasteiger partial charge in [0, 0.05) is 11.8 Å². The highest BCUT2D eigenvalue weighted by Gasteiger charge is 2.39. The van der Waals surface area contributed by atoms with Crippen LogP contribution in [0.1, 0.15) is 50.4 Å². The molecule has 0 aliphatic carbocycles. The molecular formula is C15H22N2O2. The number of carbonyl (C=O) groups excluding carboxylic acids is 1. The van der Waals surface area contributed by atoms with Crippen LogP contribution in [0.25, 0.3) is 0 Å². The lowest BCUT2D eigenvalue weighted by atomic mass is 9.86. The molecule has 1 aliphatic rings. The number of rotatable bonds is 5. The predicted molar refractivity (Wildman–Crippen MR) is 74.6 cm³/mol. The van der Waals surface area contributed by atoms with E-state index in [0.29, 0.717) is 11.3 Å². The lowest BCUT2D eigenvalue weighted by Crippen LogP contribution is -2.47. The fraction of sp³-hybridized carbons (Fsp3) is 0.600. The summed E-state index contributed by atoms with van der Waals surface area (Å²) in [6.07, 6.45) is 6.12. The zero-order valence-electron chi connectivity index (χ0n) is 11.9. The second kappa shape index (κ2) is 5.70. The maximum Gasteiger partial charge on any atom is 0.184 e. The van der Waals surface area contributed by atoms with E-state index in [1.807, 2.05) is 13.8 Å². The summed E-state index contributed by atoms with van der Waals surface area (Å²) < 4.78 is 5.60. The second-order valence-electron chi connectivity index (χ2n) is 5.37. The van der Waals surface area contributed by atoms with Gasteiger partial charge in [0.25, 0.3) is 0 Å². The zero-order chi connectivity index (χ0) is 13.9. The molecule has 2 heterocycles. The number of nitrogens with zero attached hydrogens (tertiary/aromatic N) is 1. The molecule has 104 valence electrons. The van der Waals surface area contributed by atoms with Crippen LogP contribution in [0.3, 0.4) is 0 Å². The standard InChI is InChI=1S/C15H22N2O2/c1-4-15(6-5-7-17-15)14(18)12-8-13(10-16-9-12)19-11(2)3/h8-11,17H,4-7H2,1-3H3. The first kappa shape index (κ1) is 14.0. The van der Waals surface area contributed by atoms with Gasteiger partial charge >= 0.3 is 0 Å². The molecule has 0 radical (unpaired) electrons. The Hall–Kier alpha value is -1.42.